The molecule has 0 spiro atoms. The zero-order valence-corrected chi connectivity index (χ0v) is 14.2. The third-order valence-electron chi connectivity index (χ3n) is 5.16. The van der Waals surface area contributed by atoms with E-state index >= 15 is 0 Å². The number of rotatable bonds is 4. The highest BCUT2D eigenvalue weighted by molar-refractivity contribution is 5.67. The second kappa shape index (κ2) is 6.15. The van der Waals surface area contributed by atoms with Crippen LogP contribution < -0.4 is 5.73 Å². The third-order valence-corrected chi connectivity index (χ3v) is 5.16. The van der Waals surface area contributed by atoms with E-state index in [-0.39, 0.29) is 12.1 Å². The number of hydrogen-bond acceptors (Lipinski definition) is 3. The molecule has 0 aromatic rings. The van der Waals surface area contributed by atoms with Gasteiger partial charge in [0.05, 0.1) is 0 Å². The lowest BCUT2D eigenvalue weighted by atomic mass is 9.58. The van der Waals surface area contributed by atoms with Crippen molar-refractivity contribution in [3.05, 3.63) is 0 Å². The highest BCUT2D eigenvalue weighted by Crippen LogP contribution is 2.52. The Labute approximate surface area is 129 Å². The van der Waals surface area contributed by atoms with Crippen LogP contribution >= 0.6 is 0 Å². The molecule has 1 unspecified atom stereocenters. The predicted molar refractivity (Wildman–Crippen MR) is 85.1 cm³/mol. The fraction of sp³-hybridized carbons (Fsp3) is 0.941. The molecule has 4 nitrogen and oxygen atoms in total. The Morgan fingerprint density at radius 3 is 2.29 bits per heavy atom. The molecule has 122 valence electrons. The van der Waals surface area contributed by atoms with Gasteiger partial charge in [0.2, 0.25) is 0 Å². The SMILES string of the molecule is CN(CC(N)CC12CCC(CC1)CC2)C(=O)OC(C)(C)C. The summed E-state index contributed by atoms with van der Waals surface area (Å²) in [5.41, 5.74) is 6.35. The van der Waals surface area contributed by atoms with Gasteiger partial charge in [0.15, 0.2) is 0 Å². The van der Waals surface area contributed by atoms with Gasteiger partial charge in [0.1, 0.15) is 5.60 Å². The summed E-state index contributed by atoms with van der Waals surface area (Å²) in [5, 5.41) is 0. The fourth-order valence-corrected chi connectivity index (χ4v) is 4.03. The summed E-state index contributed by atoms with van der Waals surface area (Å²) in [5.74, 6) is 0.979. The number of likely N-dealkylation sites (N-methyl/N-ethyl adjacent to an activating group) is 1. The molecule has 2 bridgehead atoms. The number of carbonyl (C=O) groups excluding carboxylic acids is 1. The van der Waals surface area contributed by atoms with Gasteiger partial charge >= 0.3 is 6.09 Å². The van der Waals surface area contributed by atoms with Crippen molar-refractivity contribution < 1.29 is 9.53 Å². The average Bonchev–Trinajstić information content (AvgIpc) is 2.38. The molecule has 2 N–H and O–H groups in total. The van der Waals surface area contributed by atoms with E-state index in [4.69, 9.17) is 10.5 Å². The van der Waals surface area contributed by atoms with Crippen molar-refractivity contribution in [3.8, 4) is 0 Å². The van der Waals surface area contributed by atoms with E-state index in [2.05, 4.69) is 0 Å². The fourth-order valence-electron chi connectivity index (χ4n) is 4.03. The standard InChI is InChI=1S/C17H32N2O2/c1-16(2,3)21-15(20)19(4)12-14(18)11-17-8-5-13(6-9-17)7-10-17/h13-14H,5-12,18H2,1-4H3. The molecule has 0 aromatic heterocycles. The zero-order chi connectivity index (χ0) is 15.7. The van der Waals surface area contributed by atoms with Gasteiger partial charge in [-0.1, -0.05) is 0 Å². The molecule has 0 aromatic carbocycles. The summed E-state index contributed by atoms with van der Waals surface area (Å²) in [6.07, 6.45) is 8.93. The van der Waals surface area contributed by atoms with Crippen LogP contribution in [0.2, 0.25) is 0 Å². The quantitative estimate of drug-likeness (QED) is 0.863. The number of carbonyl (C=O) groups is 1. The van der Waals surface area contributed by atoms with Crippen molar-refractivity contribution in [3.63, 3.8) is 0 Å². The molecule has 4 heteroatoms. The van der Waals surface area contributed by atoms with E-state index in [0.29, 0.717) is 12.0 Å². The largest absolute Gasteiger partial charge is 0.444 e. The van der Waals surface area contributed by atoms with Gasteiger partial charge in [0.25, 0.3) is 0 Å². The monoisotopic (exact) mass is 296 g/mol. The van der Waals surface area contributed by atoms with Crippen LogP contribution in [0.4, 0.5) is 4.79 Å². The van der Waals surface area contributed by atoms with E-state index < -0.39 is 5.60 Å². The average molecular weight is 296 g/mol. The number of nitrogens with two attached hydrogens (primary N) is 1. The highest BCUT2D eigenvalue weighted by Gasteiger charge is 2.41. The second-order valence-electron chi connectivity index (χ2n) is 8.31. The third kappa shape index (κ3) is 4.60. The Balaban J connectivity index is 1.81. The zero-order valence-electron chi connectivity index (χ0n) is 14.2. The Hall–Kier alpha value is -0.770. The van der Waals surface area contributed by atoms with E-state index in [1.807, 2.05) is 20.8 Å². The Morgan fingerprint density at radius 2 is 1.81 bits per heavy atom. The van der Waals surface area contributed by atoms with E-state index in [9.17, 15) is 4.79 Å². The summed E-state index contributed by atoms with van der Waals surface area (Å²) in [6, 6.07) is 0.0529. The Bertz CT molecular complexity index is 354. The minimum atomic E-state index is -0.449. The molecule has 3 fully saturated rings. The van der Waals surface area contributed by atoms with Gasteiger partial charge < -0.3 is 15.4 Å². The second-order valence-corrected chi connectivity index (χ2v) is 8.31. The lowest BCUT2D eigenvalue weighted by molar-refractivity contribution is 0.0230. The number of fused-ring (bicyclic) bond motifs is 3. The number of ether oxygens (including phenoxy) is 1. The van der Waals surface area contributed by atoms with Crippen molar-refractivity contribution >= 4 is 6.09 Å². The number of amides is 1. The summed E-state index contributed by atoms with van der Waals surface area (Å²) < 4.78 is 5.38. The minimum absolute atomic E-state index is 0.0529. The van der Waals surface area contributed by atoms with Crippen LogP contribution in [0, 0.1) is 11.3 Å². The maximum Gasteiger partial charge on any atom is 0.410 e. The van der Waals surface area contributed by atoms with Crippen LogP contribution in [0.25, 0.3) is 0 Å². The summed E-state index contributed by atoms with van der Waals surface area (Å²) in [4.78, 5) is 13.6. The van der Waals surface area contributed by atoms with E-state index in [1.165, 1.54) is 38.5 Å². The number of hydrogen-bond donors (Lipinski definition) is 1. The van der Waals surface area contributed by atoms with Gasteiger partial charge in [0, 0.05) is 19.6 Å². The van der Waals surface area contributed by atoms with Gasteiger partial charge in [-0.25, -0.2) is 4.79 Å². The first kappa shape index (κ1) is 16.6. The van der Waals surface area contributed by atoms with Gasteiger partial charge in [-0.15, -0.1) is 0 Å². The molecule has 21 heavy (non-hydrogen) atoms. The molecule has 3 rings (SSSR count). The van der Waals surface area contributed by atoms with Gasteiger partial charge in [-0.05, 0) is 77.0 Å². The molecule has 0 radical (unpaired) electrons. The lowest BCUT2D eigenvalue weighted by Crippen LogP contribution is -2.45. The molecule has 3 aliphatic rings. The van der Waals surface area contributed by atoms with Crippen LogP contribution in [0.15, 0.2) is 0 Å². The van der Waals surface area contributed by atoms with Crippen molar-refractivity contribution in [2.45, 2.75) is 77.4 Å². The Morgan fingerprint density at radius 1 is 1.29 bits per heavy atom. The first-order valence-electron chi connectivity index (χ1n) is 8.39. The Kier molecular flexibility index (Phi) is 4.86. The van der Waals surface area contributed by atoms with E-state index in [1.54, 1.807) is 11.9 Å². The first-order valence-corrected chi connectivity index (χ1v) is 8.39. The normalized spacial score (nSPS) is 30.0. The smallest absolute Gasteiger partial charge is 0.410 e. The molecular formula is C17H32N2O2. The van der Waals surface area contributed by atoms with Gasteiger partial charge in [-0.2, -0.15) is 0 Å². The van der Waals surface area contributed by atoms with Crippen LogP contribution in [-0.4, -0.2) is 36.2 Å². The topological polar surface area (TPSA) is 55.6 Å². The molecule has 1 amide bonds. The van der Waals surface area contributed by atoms with Crippen LogP contribution in [0.1, 0.15) is 65.7 Å². The van der Waals surface area contributed by atoms with Crippen LogP contribution in [-0.2, 0) is 4.74 Å². The molecule has 0 aliphatic heterocycles. The molecule has 3 saturated carbocycles. The van der Waals surface area contributed by atoms with Crippen LogP contribution in [0.3, 0.4) is 0 Å². The summed E-state index contributed by atoms with van der Waals surface area (Å²) in [7, 11) is 1.78. The van der Waals surface area contributed by atoms with Crippen molar-refractivity contribution in [1.29, 1.82) is 0 Å². The lowest BCUT2D eigenvalue weighted by Gasteiger charge is -2.48. The molecule has 0 saturated heterocycles. The highest BCUT2D eigenvalue weighted by atomic mass is 16.6. The summed E-state index contributed by atoms with van der Waals surface area (Å²) >= 11 is 0. The number of nitrogens with zero attached hydrogens (tertiary/aromatic N) is 1. The maximum absolute atomic E-state index is 12.0. The predicted octanol–water partition coefficient (Wildman–Crippen LogP) is 3.54. The molecule has 0 heterocycles. The van der Waals surface area contributed by atoms with E-state index in [0.717, 1.165) is 12.3 Å². The molecular weight excluding hydrogens is 264 g/mol. The molecule has 1 atom stereocenters. The maximum atomic E-state index is 12.0. The minimum Gasteiger partial charge on any atom is -0.444 e. The summed E-state index contributed by atoms with van der Waals surface area (Å²) in [6.45, 7) is 6.24. The van der Waals surface area contributed by atoms with Crippen molar-refractivity contribution in [1.82, 2.24) is 4.90 Å². The van der Waals surface area contributed by atoms with Crippen molar-refractivity contribution in [2.24, 2.45) is 17.1 Å². The van der Waals surface area contributed by atoms with Crippen molar-refractivity contribution in [2.75, 3.05) is 13.6 Å². The van der Waals surface area contributed by atoms with Crippen LogP contribution in [0.5, 0.6) is 0 Å². The first-order chi connectivity index (χ1) is 9.69. The molecule has 3 aliphatic carbocycles. The van der Waals surface area contributed by atoms with Gasteiger partial charge in [-0.3, -0.25) is 0 Å².